The number of carbonyl (C=O) groups excluding carboxylic acids is 1. The summed E-state index contributed by atoms with van der Waals surface area (Å²) in [5, 5.41) is 10.7. The summed E-state index contributed by atoms with van der Waals surface area (Å²) in [6.45, 7) is 1.73. The maximum absolute atomic E-state index is 10.8. The Balaban J connectivity index is 2.64. The predicted octanol–water partition coefficient (Wildman–Crippen LogP) is 0.948. The van der Waals surface area contributed by atoms with E-state index >= 15 is 0 Å². The lowest BCUT2D eigenvalue weighted by atomic mass is 10.1. The Kier molecular flexibility index (Phi) is 3.23. The van der Waals surface area contributed by atoms with Gasteiger partial charge in [-0.05, 0) is 12.5 Å². The van der Waals surface area contributed by atoms with Gasteiger partial charge in [-0.2, -0.15) is 0 Å². The number of nitrogens with one attached hydrogen (secondary N) is 1. The highest BCUT2D eigenvalue weighted by Crippen LogP contribution is 2.10. The molecule has 0 saturated heterocycles. The number of benzene rings is 1. The molecule has 74 valence electrons. The highest BCUT2D eigenvalue weighted by atomic mass is 16.4. The lowest BCUT2D eigenvalue weighted by Crippen LogP contribution is -2.32. The zero-order valence-corrected chi connectivity index (χ0v) is 7.73. The topological polar surface area (TPSA) is 66.4 Å². The Morgan fingerprint density at radius 1 is 1.29 bits per heavy atom. The first-order chi connectivity index (χ1) is 6.61. The van der Waals surface area contributed by atoms with Gasteiger partial charge in [-0.3, -0.25) is 4.79 Å². The third kappa shape index (κ3) is 2.58. The van der Waals surface area contributed by atoms with Crippen LogP contribution in [-0.4, -0.2) is 17.0 Å². The third-order valence-electron chi connectivity index (χ3n) is 1.84. The van der Waals surface area contributed by atoms with Crippen LogP contribution in [0.15, 0.2) is 30.3 Å². The SMILES string of the molecule is C[C@H](NC(=O)C(=O)O)c1ccccc1. The minimum atomic E-state index is -1.47. The van der Waals surface area contributed by atoms with Gasteiger partial charge in [0.05, 0.1) is 6.04 Å². The van der Waals surface area contributed by atoms with Crippen LogP contribution in [0, 0.1) is 0 Å². The number of carboxylic acids is 1. The molecular weight excluding hydrogens is 182 g/mol. The van der Waals surface area contributed by atoms with Crippen molar-refractivity contribution in [3.05, 3.63) is 35.9 Å². The summed E-state index contributed by atoms with van der Waals surface area (Å²) in [7, 11) is 0. The van der Waals surface area contributed by atoms with Gasteiger partial charge in [0.2, 0.25) is 0 Å². The standard InChI is InChI=1S/C10H11NO3/c1-7(11-9(12)10(13)14)8-5-3-2-4-6-8/h2-7H,1H3,(H,11,12)(H,13,14)/t7-/m0/s1. The Morgan fingerprint density at radius 2 is 1.86 bits per heavy atom. The van der Waals surface area contributed by atoms with E-state index in [0.717, 1.165) is 5.56 Å². The maximum atomic E-state index is 10.8. The Bertz CT molecular complexity index is 334. The molecule has 1 atom stereocenters. The molecule has 0 radical (unpaired) electrons. The van der Waals surface area contributed by atoms with Crippen LogP contribution in [0.3, 0.4) is 0 Å². The molecule has 1 rings (SSSR count). The van der Waals surface area contributed by atoms with Gasteiger partial charge in [-0.25, -0.2) is 4.79 Å². The minimum Gasteiger partial charge on any atom is -0.474 e. The Labute approximate surface area is 81.6 Å². The van der Waals surface area contributed by atoms with Crippen LogP contribution in [0.2, 0.25) is 0 Å². The first-order valence-corrected chi connectivity index (χ1v) is 4.20. The molecule has 0 aliphatic heterocycles. The van der Waals surface area contributed by atoms with Crippen LogP contribution in [0.4, 0.5) is 0 Å². The molecule has 0 aromatic heterocycles. The monoisotopic (exact) mass is 193 g/mol. The van der Waals surface area contributed by atoms with Crippen LogP contribution in [0.25, 0.3) is 0 Å². The fraction of sp³-hybridized carbons (Fsp3) is 0.200. The maximum Gasteiger partial charge on any atom is 0.394 e. The second-order valence-electron chi connectivity index (χ2n) is 2.91. The summed E-state index contributed by atoms with van der Waals surface area (Å²) in [5.74, 6) is -2.45. The minimum absolute atomic E-state index is 0.292. The number of hydrogen-bond acceptors (Lipinski definition) is 2. The molecule has 0 fully saturated rings. The Morgan fingerprint density at radius 3 is 2.36 bits per heavy atom. The smallest absolute Gasteiger partial charge is 0.394 e. The van der Waals surface area contributed by atoms with E-state index in [2.05, 4.69) is 5.32 Å². The number of carbonyl (C=O) groups is 2. The second kappa shape index (κ2) is 4.41. The van der Waals surface area contributed by atoms with Crippen molar-refractivity contribution >= 4 is 11.9 Å². The summed E-state index contributed by atoms with van der Waals surface area (Å²) >= 11 is 0. The van der Waals surface area contributed by atoms with Gasteiger partial charge in [-0.15, -0.1) is 0 Å². The highest BCUT2D eigenvalue weighted by Gasteiger charge is 2.14. The van der Waals surface area contributed by atoms with Gasteiger partial charge in [0.1, 0.15) is 0 Å². The van der Waals surface area contributed by atoms with Gasteiger partial charge in [0.25, 0.3) is 0 Å². The van der Waals surface area contributed by atoms with Gasteiger partial charge in [0, 0.05) is 0 Å². The lowest BCUT2D eigenvalue weighted by molar-refractivity contribution is -0.150. The molecule has 0 saturated carbocycles. The van der Waals surface area contributed by atoms with E-state index in [-0.39, 0.29) is 6.04 Å². The number of rotatable bonds is 2. The van der Waals surface area contributed by atoms with Gasteiger partial charge in [0.15, 0.2) is 0 Å². The summed E-state index contributed by atoms with van der Waals surface area (Å²) in [6, 6.07) is 8.88. The second-order valence-corrected chi connectivity index (χ2v) is 2.91. The number of amides is 1. The van der Waals surface area contributed by atoms with E-state index < -0.39 is 11.9 Å². The first kappa shape index (κ1) is 10.2. The summed E-state index contributed by atoms with van der Waals surface area (Å²) in [4.78, 5) is 21.1. The first-order valence-electron chi connectivity index (χ1n) is 4.20. The highest BCUT2D eigenvalue weighted by molar-refractivity contribution is 6.31. The van der Waals surface area contributed by atoms with Crippen molar-refractivity contribution in [2.24, 2.45) is 0 Å². The molecule has 1 aromatic carbocycles. The molecule has 0 heterocycles. The fourth-order valence-electron chi connectivity index (χ4n) is 1.08. The van der Waals surface area contributed by atoms with Crippen molar-refractivity contribution < 1.29 is 14.7 Å². The molecule has 1 amide bonds. The van der Waals surface area contributed by atoms with Crippen molar-refractivity contribution in [1.82, 2.24) is 5.32 Å². The predicted molar refractivity (Wildman–Crippen MR) is 50.6 cm³/mol. The molecular formula is C10H11NO3. The van der Waals surface area contributed by atoms with Gasteiger partial charge < -0.3 is 10.4 Å². The normalized spacial score (nSPS) is 11.8. The van der Waals surface area contributed by atoms with Crippen LogP contribution in [-0.2, 0) is 9.59 Å². The summed E-state index contributed by atoms with van der Waals surface area (Å²) < 4.78 is 0. The molecule has 4 nitrogen and oxygen atoms in total. The van der Waals surface area contributed by atoms with Gasteiger partial charge >= 0.3 is 11.9 Å². The van der Waals surface area contributed by atoms with E-state index in [9.17, 15) is 9.59 Å². The largest absolute Gasteiger partial charge is 0.474 e. The zero-order chi connectivity index (χ0) is 10.6. The molecule has 0 spiro atoms. The summed E-state index contributed by atoms with van der Waals surface area (Å²) in [5.41, 5.74) is 0.877. The third-order valence-corrected chi connectivity index (χ3v) is 1.84. The molecule has 0 bridgehead atoms. The average Bonchev–Trinajstić information content (AvgIpc) is 2.19. The van der Waals surface area contributed by atoms with E-state index in [1.54, 1.807) is 6.92 Å². The van der Waals surface area contributed by atoms with E-state index in [4.69, 9.17) is 5.11 Å². The van der Waals surface area contributed by atoms with Crippen LogP contribution < -0.4 is 5.32 Å². The van der Waals surface area contributed by atoms with Crippen molar-refractivity contribution in [3.8, 4) is 0 Å². The number of carboxylic acid groups (broad SMARTS) is 1. The number of hydrogen-bond donors (Lipinski definition) is 2. The molecule has 1 aromatic rings. The molecule has 0 aliphatic carbocycles. The van der Waals surface area contributed by atoms with Gasteiger partial charge in [-0.1, -0.05) is 30.3 Å². The molecule has 0 unspecified atom stereocenters. The summed E-state index contributed by atoms with van der Waals surface area (Å²) in [6.07, 6.45) is 0. The van der Waals surface area contributed by atoms with Crippen molar-refractivity contribution in [2.75, 3.05) is 0 Å². The van der Waals surface area contributed by atoms with Crippen molar-refractivity contribution in [3.63, 3.8) is 0 Å². The molecule has 4 heteroatoms. The Hall–Kier alpha value is -1.84. The van der Waals surface area contributed by atoms with E-state index in [0.29, 0.717) is 0 Å². The van der Waals surface area contributed by atoms with Crippen LogP contribution in [0.1, 0.15) is 18.5 Å². The van der Waals surface area contributed by atoms with Crippen LogP contribution >= 0.6 is 0 Å². The fourth-order valence-corrected chi connectivity index (χ4v) is 1.08. The lowest BCUT2D eigenvalue weighted by Gasteiger charge is -2.11. The van der Waals surface area contributed by atoms with Crippen molar-refractivity contribution in [2.45, 2.75) is 13.0 Å². The van der Waals surface area contributed by atoms with E-state index in [1.807, 2.05) is 30.3 Å². The molecule has 14 heavy (non-hydrogen) atoms. The molecule has 0 aliphatic rings. The van der Waals surface area contributed by atoms with Crippen LogP contribution in [0.5, 0.6) is 0 Å². The number of aliphatic carboxylic acids is 1. The molecule has 2 N–H and O–H groups in total. The quantitative estimate of drug-likeness (QED) is 0.687. The van der Waals surface area contributed by atoms with E-state index in [1.165, 1.54) is 0 Å². The van der Waals surface area contributed by atoms with Crippen molar-refractivity contribution in [1.29, 1.82) is 0 Å². The zero-order valence-electron chi connectivity index (χ0n) is 7.73. The average molecular weight is 193 g/mol.